The second kappa shape index (κ2) is 9.25. The molecule has 0 aliphatic carbocycles. The first-order valence-corrected chi connectivity index (χ1v) is 10.6. The third kappa shape index (κ3) is 5.14. The number of nitrogens with one attached hydrogen (secondary N) is 1. The number of amides is 1. The molecule has 0 spiro atoms. The van der Waals surface area contributed by atoms with Crippen molar-refractivity contribution in [2.24, 2.45) is 0 Å². The molecular weight excluding hydrogens is 388 g/mol. The number of benzene rings is 3. The summed E-state index contributed by atoms with van der Waals surface area (Å²) in [5, 5.41) is 2.73. The number of sulfonamides is 1. The van der Waals surface area contributed by atoms with E-state index in [1.54, 1.807) is 72.8 Å². The average molecular weight is 410 g/mol. The predicted molar refractivity (Wildman–Crippen MR) is 114 cm³/mol. The number of carbonyl (C=O) groups excluding carboxylic acids is 1. The van der Waals surface area contributed by atoms with Crippen LogP contribution in [0.15, 0.2) is 89.8 Å². The van der Waals surface area contributed by atoms with E-state index in [0.29, 0.717) is 23.7 Å². The second-order valence-corrected chi connectivity index (χ2v) is 8.03. The van der Waals surface area contributed by atoms with E-state index in [2.05, 4.69) is 5.32 Å². The highest BCUT2D eigenvalue weighted by atomic mass is 32.2. The van der Waals surface area contributed by atoms with Gasteiger partial charge in [-0.3, -0.25) is 9.10 Å². The number of hydrogen-bond acceptors (Lipinski definition) is 4. The summed E-state index contributed by atoms with van der Waals surface area (Å²) in [4.78, 5) is 12.8. The minimum atomic E-state index is -3.90. The average Bonchev–Trinajstić information content (AvgIpc) is 2.75. The molecule has 0 fully saturated rings. The molecule has 0 radical (unpaired) electrons. The van der Waals surface area contributed by atoms with Gasteiger partial charge in [0.25, 0.3) is 10.0 Å². The van der Waals surface area contributed by atoms with E-state index in [1.165, 1.54) is 12.1 Å². The highest BCUT2D eigenvalue weighted by molar-refractivity contribution is 7.92. The summed E-state index contributed by atoms with van der Waals surface area (Å²) in [6.45, 7) is 2.09. The molecule has 0 aromatic heterocycles. The zero-order chi connectivity index (χ0) is 20.7. The molecule has 29 heavy (non-hydrogen) atoms. The van der Waals surface area contributed by atoms with E-state index in [0.717, 1.165) is 4.31 Å². The molecule has 3 aromatic rings. The van der Waals surface area contributed by atoms with Crippen LogP contribution in [0.25, 0.3) is 0 Å². The third-order valence-electron chi connectivity index (χ3n) is 4.11. The van der Waals surface area contributed by atoms with Gasteiger partial charge in [-0.25, -0.2) is 8.42 Å². The number of hydrogen-bond donors (Lipinski definition) is 1. The summed E-state index contributed by atoms with van der Waals surface area (Å²) in [5.74, 6) is 0.251. The van der Waals surface area contributed by atoms with Crippen LogP contribution in [0.4, 0.5) is 11.4 Å². The van der Waals surface area contributed by atoms with Gasteiger partial charge in [0, 0.05) is 5.69 Å². The fourth-order valence-corrected chi connectivity index (χ4v) is 4.20. The smallest absolute Gasteiger partial charge is 0.264 e. The van der Waals surface area contributed by atoms with Gasteiger partial charge < -0.3 is 10.1 Å². The van der Waals surface area contributed by atoms with E-state index in [9.17, 15) is 13.2 Å². The van der Waals surface area contributed by atoms with Crippen LogP contribution in [0, 0.1) is 0 Å². The van der Waals surface area contributed by atoms with Crippen molar-refractivity contribution < 1.29 is 17.9 Å². The molecule has 0 bridgehead atoms. The van der Waals surface area contributed by atoms with Gasteiger partial charge in [-0.15, -0.1) is 0 Å². The molecule has 0 saturated carbocycles. The van der Waals surface area contributed by atoms with Crippen molar-refractivity contribution in [1.29, 1.82) is 0 Å². The molecule has 0 saturated heterocycles. The first-order valence-electron chi connectivity index (χ1n) is 9.16. The lowest BCUT2D eigenvalue weighted by molar-refractivity contribution is -0.114. The molecule has 0 heterocycles. The Morgan fingerprint density at radius 1 is 0.897 bits per heavy atom. The van der Waals surface area contributed by atoms with Gasteiger partial charge in [-0.2, -0.15) is 0 Å². The maximum absolute atomic E-state index is 13.2. The monoisotopic (exact) mass is 410 g/mol. The molecule has 3 rings (SSSR count). The second-order valence-electron chi connectivity index (χ2n) is 6.17. The van der Waals surface area contributed by atoms with Gasteiger partial charge in [0.15, 0.2) is 0 Å². The van der Waals surface area contributed by atoms with Crippen molar-refractivity contribution in [1.82, 2.24) is 0 Å². The molecule has 0 aliphatic heterocycles. The minimum Gasteiger partial charge on any atom is -0.494 e. The predicted octanol–water partition coefficient (Wildman–Crippen LogP) is 3.92. The topological polar surface area (TPSA) is 75.7 Å². The highest BCUT2D eigenvalue weighted by Gasteiger charge is 2.26. The molecule has 1 N–H and O–H groups in total. The fraction of sp³-hybridized carbons (Fsp3) is 0.136. The molecule has 0 unspecified atom stereocenters. The van der Waals surface area contributed by atoms with Gasteiger partial charge in [0.05, 0.1) is 17.2 Å². The summed E-state index contributed by atoms with van der Waals surface area (Å²) in [5.41, 5.74) is 0.974. The Balaban J connectivity index is 1.83. The van der Waals surface area contributed by atoms with Crippen molar-refractivity contribution in [3.05, 3.63) is 84.9 Å². The van der Waals surface area contributed by atoms with Crippen LogP contribution in [0.2, 0.25) is 0 Å². The molecular formula is C22H22N2O4S. The highest BCUT2D eigenvalue weighted by Crippen LogP contribution is 2.23. The van der Waals surface area contributed by atoms with Crippen molar-refractivity contribution >= 4 is 27.3 Å². The van der Waals surface area contributed by atoms with Crippen LogP contribution in [0.5, 0.6) is 5.75 Å². The van der Waals surface area contributed by atoms with Gasteiger partial charge in [-0.1, -0.05) is 36.4 Å². The van der Waals surface area contributed by atoms with Gasteiger partial charge in [0.2, 0.25) is 5.91 Å². The van der Waals surface area contributed by atoms with Gasteiger partial charge >= 0.3 is 0 Å². The molecule has 150 valence electrons. The summed E-state index contributed by atoms with van der Waals surface area (Å²) < 4.78 is 32.8. The summed E-state index contributed by atoms with van der Waals surface area (Å²) in [6.07, 6.45) is 0. The van der Waals surface area contributed by atoms with Crippen LogP contribution in [0.3, 0.4) is 0 Å². The number of anilines is 2. The Bertz CT molecular complexity index is 1040. The largest absolute Gasteiger partial charge is 0.494 e. The number of nitrogens with zero attached hydrogens (tertiary/aromatic N) is 1. The van der Waals surface area contributed by atoms with Crippen molar-refractivity contribution in [2.75, 3.05) is 22.8 Å². The van der Waals surface area contributed by atoms with Gasteiger partial charge in [0.1, 0.15) is 12.3 Å². The molecule has 7 heteroatoms. The zero-order valence-electron chi connectivity index (χ0n) is 16.0. The van der Waals surface area contributed by atoms with Crippen LogP contribution >= 0.6 is 0 Å². The summed E-state index contributed by atoms with van der Waals surface area (Å²) in [7, 11) is -3.90. The standard InChI is InChI=1S/C22H22N2O4S/c1-2-28-20-15-13-18(14-16-20)23-22(25)17-24(19-9-5-3-6-10-19)29(26,27)21-11-7-4-8-12-21/h3-16H,2,17H2,1H3,(H,23,25). The Kier molecular flexibility index (Phi) is 6.51. The van der Waals surface area contributed by atoms with E-state index >= 15 is 0 Å². The lowest BCUT2D eigenvalue weighted by Gasteiger charge is -2.24. The first kappa shape index (κ1) is 20.4. The quantitative estimate of drug-likeness (QED) is 0.611. The lowest BCUT2D eigenvalue weighted by Crippen LogP contribution is -2.38. The van der Waals surface area contributed by atoms with E-state index in [1.807, 2.05) is 6.92 Å². The lowest BCUT2D eigenvalue weighted by atomic mass is 10.3. The third-order valence-corrected chi connectivity index (χ3v) is 5.90. The number of carbonyl (C=O) groups is 1. The summed E-state index contributed by atoms with van der Waals surface area (Å²) in [6, 6.07) is 23.5. The van der Waals surface area contributed by atoms with Crippen LogP contribution < -0.4 is 14.4 Å². The SMILES string of the molecule is CCOc1ccc(NC(=O)CN(c2ccccc2)S(=O)(=O)c2ccccc2)cc1. The van der Waals surface area contributed by atoms with Crippen LogP contribution in [0.1, 0.15) is 6.92 Å². The Morgan fingerprint density at radius 3 is 2.07 bits per heavy atom. The van der Waals surface area contributed by atoms with E-state index in [-0.39, 0.29) is 11.4 Å². The normalized spacial score (nSPS) is 10.9. The number of ether oxygens (including phenoxy) is 1. The van der Waals surface area contributed by atoms with Crippen molar-refractivity contribution in [3.63, 3.8) is 0 Å². The van der Waals surface area contributed by atoms with Crippen LogP contribution in [-0.2, 0) is 14.8 Å². The fourth-order valence-electron chi connectivity index (χ4n) is 2.76. The zero-order valence-corrected chi connectivity index (χ0v) is 16.8. The van der Waals surface area contributed by atoms with E-state index in [4.69, 9.17) is 4.74 Å². The Hall–Kier alpha value is -3.32. The van der Waals surface area contributed by atoms with E-state index < -0.39 is 15.9 Å². The number of para-hydroxylation sites is 1. The maximum Gasteiger partial charge on any atom is 0.264 e. The first-order chi connectivity index (χ1) is 14.0. The maximum atomic E-state index is 13.2. The molecule has 1 amide bonds. The minimum absolute atomic E-state index is 0.123. The van der Waals surface area contributed by atoms with Crippen molar-refractivity contribution in [2.45, 2.75) is 11.8 Å². The molecule has 0 atom stereocenters. The van der Waals surface area contributed by atoms with Crippen LogP contribution in [-0.4, -0.2) is 27.5 Å². The molecule has 0 aliphatic rings. The molecule has 6 nitrogen and oxygen atoms in total. The Morgan fingerprint density at radius 2 is 1.48 bits per heavy atom. The Labute approximate surface area is 170 Å². The number of rotatable bonds is 8. The molecule has 3 aromatic carbocycles. The van der Waals surface area contributed by atoms with Gasteiger partial charge in [-0.05, 0) is 55.5 Å². The van der Waals surface area contributed by atoms with Crippen molar-refractivity contribution in [3.8, 4) is 5.75 Å². The summed E-state index contributed by atoms with van der Waals surface area (Å²) >= 11 is 0.